The number of nitrogens with one attached hydrogen (secondary N) is 1. The third-order valence-electron chi connectivity index (χ3n) is 4.12. The number of amides is 1. The topological polar surface area (TPSA) is 97.5 Å². The molecule has 0 fully saturated rings. The SMILES string of the molecule is Cc1onc(-c2ccc(Cl)cc2)c1COc1ccc(C(=O)N[C@@H](C)CO)cn1. The van der Waals surface area contributed by atoms with Gasteiger partial charge < -0.3 is 19.7 Å². The van der Waals surface area contributed by atoms with Gasteiger partial charge in [-0.2, -0.15) is 0 Å². The molecule has 2 aromatic heterocycles. The van der Waals surface area contributed by atoms with Gasteiger partial charge in [-0.05, 0) is 32.0 Å². The standard InChI is InChI=1S/C20H20ClN3O4/c1-12(10-25)23-20(26)15-5-8-18(22-9-15)27-11-17-13(2)28-24-19(17)14-3-6-16(21)7-4-14/h3-9,12,25H,10-11H2,1-2H3,(H,23,26)/t12-/m0/s1. The average Bonchev–Trinajstić information content (AvgIpc) is 3.07. The molecule has 0 saturated carbocycles. The highest BCUT2D eigenvalue weighted by molar-refractivity contribution is 6.30. The fraction of sp³-hybridized carbons (Fsp3) is 0.250. The van der Waals surface area contributed by atoms with Crippen LogP contribution in [-0.2, 0) is 6.61 Å². The maximum absolute atomic E-state index is 12.0. The van der Waals surface area contributed by atoms with Crippen molar-refractivity contribution >= 4 is 17.5 Å². The Balaban J connectivity index is 1.69. The number of rotatable bonds is 7. The molecule has 0 spiro atoms. The first-order chi connectivity index (χ1) is 13.5. The normalized spacial score (nSPS) is 11.9. The second-order valence-electron chi connectivity index (χ2n) is 6.30. The highest BCUT2D eigenvalue weighted by Crippen LogP contribution is 2.27. The molecular formula is C20H20ClN3O4. The number of carbonyl (C=O) groups is 1. The van der Waals surface area contributed by atoms with Crippen LogP contribution in [0.4, 0.5) is 0 Å². The Kier molecular flexibility index (Phi) is 6.28. The lowest BCUT2D eigenvalue weighted by molar-refractivity contribution is 0.0922. The lowest BCUT2D eigenvalue weighted by Gasteiger charge is -2.11. The monoisotopic (exact) mass is 401 g/mol. The van der Waals surface area contributed by atoms with Gasteiger partial charge in [-0.3, -0.25) is 4.79 Å². The number of pyridine rings is 1. The number of aromatic nitrogens is 2. The smallest absolute Gasteiger partial charge is 0.253 e. The van der Waals surface area contributed by atoms with Crippen LogP contribution in [0, 0.1) is 6.92 Å². The molecule has 28 heavy (non-hydrogen) atoms. The summed E-state index contributed by atoms with van der Waals surface area (Å²) in [5, 5.41) is 16.4. The Labute approximate surface area is 167 Å². The Morgan fingerprint density at radius 1 is 1.29 bits per heavy atom. The largest absolute Gasteiger partial charge is 0.473 e. The van der Waals surface area contributed by atoms with Crippen LogP contribution in [0.15, 0.2) is 47.1 Å². The molecule has 0 unspecified atom stereocenters. The van der Waals surface area contributed by atoms with Crippen molar-refractivity contribution in [1.82, 2.24) is 15.5 Å². The molecule has 2 N–H and O–H groups in total. The van der Waals surface area contributed by atoms with Crippen LogP contribution < -0.4 is 10.1 Å². The first-order valence-corrected chi connectivity index (χ1v) is 9.07. The van der Waals surface area contributed by atoms with Gasteiger partial charge in [0.05, 0.1) is 17.7 Å². The van der Waals surface area contributed by atoms with E-state index in [4.69, 9.17) is 26.0 Å². The lowest BCUT2D eigenvalue weighted by Crippen LogP contribution is -2.35. The van der Waals surface area contributed by atoms with Crippen molar-refractivity contribution < 1.29 is 19.2 Å². The summed E-state index contributed by atoms with van der Waals surface area (Å²) in [6, 6.07) is 10.2. The summed E-state index contributed by atoms with van der Waals surface area (Å²) in [6.07, 6.45) is 1.43. The molecule has 0 saturated heterocycles. The number of aliphatic hydroxyl groups is 1. The van der Waals surface area contributed by atoms with Gasteiger partial charge in [0.25, 0.3) is 5.91 Å². The molecule has 1 atom stereocenters. The second kappa shape index (κ2) is 8.86. The van der Waals surface area contributed by atoms with E-state index in [1.165, 1.54) is 6.20 Å². The molecule has 0 aliphatic rings. The molecular weight excluding hydrogens is 382 g/mol. The van der Waals surface area contributed by atoms with Crippen LogP contribution in [-0.4, -0.2) is 33.8 Å². The molecule has 1 aromatic carbocycles. The van der Waals surface area contributed by atoms with Gasteiger partial charge >= 0.3 is 0 Å². The third kappa shape index (κ3) is 4.68. The minimum absolute atomic E-state index is 0.131. The number of benzene rings is 1. The summed E-state index contributed by atoms with van der Waals surface area (Å²) in [4.78, 5) is 16.2. The highest BCUT2D eigenvalue weighted by Gasteiger charge is 2.16. The van der Waals surface area contributed by atoms with Crippen molar-refractivity contribution in [3.8, 4) is 17.1 Å². The number of ether oxygens (including phenoxy) is 1. The van der Waals surface area contributed by atoms with E-state index < -0.39 is 0 Å². The van der Waals surface area contributed by atoms with Crippen molar-refractivity contribution in [1.29, 1.82) is 0 Å². The summed E-state index contributed by atoms with van der Waals surface area (Å²) in [5.41, 5.74) is 2.75. The van der Waals surface area contributed by atoms with Crippen molar-refractivity contribution in [3.05, 3.63) is 64.5 Å². The molecule has 7 nitrogen and oxygen atoms in total. The van der Waals surface area contributed by atoms with Crippen LogP contribution in [0.3, 0.4) is 0 Å². The summed E-state index contributed by atoms with van der Waals surface area (Å²) in [5.74, 6) is 0.717. The third-order valence-corrected chi connectivity index (χ3v) is 4.37. The minimum Gasteiger partial charge on any atom is -0.473 e. The predicted molar refractivity (Wildman–Crippen MR) is 104 cm³/mol. The van der Waals surface area contributed by atoms with Gasteiger partial charge in [0.2, 0.25) is 5.88 Å². The predicted octanol–water partition coefficient (Wildman–Crippen LogP) is 3.39. The molecule has 0 bridgehead atoms. The van der Waals surface area contributed by atoms with Crippen LogP contribution in [0.2, 0.25) is 5.02 Å². The molecule has 0 aliphatic heterocycles. The zero-order valence-electron chi connectivity index (χ0n) is 15.5. The maximum atomic E-state index is 12.0. The Morgan fingerprint density at radius 2 is 2.04 bits per heavy atom. The molecule has 1 amide bonds. The number of nitrogens with zero attached hydrogens (tertiary/aromatic N) is 2. The van der Waals surface area contributed by atoms with Crippen molar-refractivity contribution in [2.24, 2.45) is 0 Å². The van der Waals surface area contributed by atoms with Crippen molar-refractivity contribution in [3.63, 3.8) is 0 Å². The second-order valence-corrected chi connectivity index (χ2v) is 6.74. The quantitative estimate of drug-likeness (QED) is 0.629. The van der Waals surface area contributed by atoms with E-state index in [1.807, 2.05) is 19.1 Å². The summed E-state index contributed by atoms with van der Waals surface area (Å²) >= 11 is 5.94. The maximum Gasteiger partial charge on any atom is 0.253 e. The Morgan fingerprint density at radius 3 is 2.68 bits per heavy atom. The average molecular weight is 402 g/mol. The van der Waals surface area contributed by atoms with Gasteiger partial charge in [0.1, 0.15) is 18.1 Å². The number of hydrogen-bond acceptors (Lipinski definition) is 6. The number of aryl methyl sites for hydroxylation is 1. The van der Waals surface area contributed by atoms with Crippen LogP contribution >= 0.6 is 11.6 Å². The van der Waals surface area contributed by atoms with E-state index in [0.29, 0.717) is 27.9 Å². The molecule has 2 heterocycles. The number of hydrogen-bond donors (Lipinski definition) is 2. The minimum atomic E-state index is -0.328. The highest BCUT2D eigenvalue weighted by atomic mass is 35.5. The van der Waals surface area contributed by atoms with Crippen molar-refractivity contribution in [2.75, 3.05) is 6.61 Å². The summed E-state index contributed by atoms with van der Waals surface area (Å²) < 4.78 is 11.1. The zero-order chi connectivity index (χ0) is 20.1. The van der Waals surface area contributed by atoms with Gasteiger partial charge in [0, 0.05) is 28.9 Å². The first-order valence-electron chi connectivity index (χ1n) is 8.69. The molecule has 3 rings (SSSR count). The zero-order valence-corrected chi connectivity index (χ0v) is 16.2. The van der Waals surface area contributed by atoms with Crippen LogP contribution in [0.1, 0.15) is 28.6 Å². The van der Waals surface area contributed by atoms with Crippen LogP contribution in [0.5, 0.6) is 5.88 Å². The van der Waals surface area contributed by atoms with E-state index >= 15 is 0 Å². The first kappa shape index (κ1) is 19.9. The number of carbonyl (C=O) groups excluding carboxylic acids is 1. The van der Waals surface area contributed by atoms with E-state index in [0.717, 1.165) is 11.1 Å². The van der Waals surface area contributed by atoms with Gasteiger partial charge in [-0.15, -0.1) is 0 Å². The van der Waals surface area contributed by atoms with Crippen LogP contribution in [0.25, 0.3) is 11.3 Å². The molecule has 0 radical (unpaired) electrons. The molecule has 3 aromatic rings. The van der Waals surface area contributed by atoms with E-state index in [2.05, 4.69) is 15.5 Å². The fourth-order valence-electron chi connectivity index (χ4n) is 2.49. The molecule has 8 heteroatoms. The van der Waals surface area contributed by atoms with Gasteiger partial charge in [-0.25, -0.2) is 4.98 Å². The van der Waals surface area contributed by atoms with Gasteiger partial charge in [0.15, 0.2) is 0 Å². The van der Waals surface area contributed by atoms with Gasteiger partial charge in [-0.1, -0.05) is 28.9 Å². The van der Waals surface area contributed by atoms with Crippen molar-refractivity contribution in [2.45, 2.75) is 26.5 Å². The van der Waals surface area contributed by atoms with E-state index in [1.54, 1.807) is 31.2 Å². The number of halogens is 1. The van der Waals surface area contributed by atoms with E-state index in [-0.39, 0.29) is 25.2 Å². The lowest BCUT2D eigenvalue weighted by atomic mass is 10.1. The Hall–Kier alpha value is -2.90. The Bertz CT molecular complexity index is 939. The number of aliphatic hydroxyl groups excluding tert-OH is 1. The summed E-state index contributed by atoms with van der Waals surface area (Å²) in [7, 11) is 0. The molecule has 0 aliphatic carbocycles. The fourth-order valence-corrected chi connectivity index (χ4v) is 2.62. The molecule has 146 valence electrons. The summed E-state index contributed by atoms with van der Waals surface area (Å²) in [6.45, 7) is 3.61. The van der Waals surface area contributed by atoms with E-state index in [9.17, 15) is 4.79 Å².